The lowest BCUT2D eigenvalue weighted by Crippen LogP contribution is -2.35. The van der Waals surface area contributed by atoms with Crippen LogP contribution in [0.25, 0.3) is 6.08 Å². The quantitative estimate of drug-likeness (QED) is 0.379. The van der Waals surface area contributed by atoms with Gasteiger partial charge < -0.3 is 14.9 Å². The summed E-state index contributed by atoms with van der Waals surface area (Å²) >= 11 is 0. The minimum atomic E-state index is -3.66. The maximum atomic E-state index is 13.3. The lowest BCUT2D eigenvalue weighted by molar-refractivity contribution is -0.136. The van der Waals surface area contributed by atoms with Crippen LogP contribution >= 0.6 is 0 Å². The molecule has 8 heteroatoms. The van der Waals surface area contributed by atoms with Crippen molar-refractivity contribution in [1.29, 1.82) is 0 Å². The van der Waals surface area contributed by atoms with E-state index in [2.05, 4.69) is 0 Å². The van der Waals surface area contributed by atoms with E-state index in [1.165, 1.54) is 4.31 Å². The van der Waals surface area contributed by atoms with Gasteiger partial charge in [-0.15, -0.1) is 0 Å². The van der Waals surface area contributed by atoms with Gasteiger partial charge in [0.25, 0.3) is 10.0 Å². The molecule has 194 valence electrons. The van der Waals surface area contributed by atoms with Crippen LogP contribution < -0.4 is 9.04 Å². The number of aliphatic hydroxyl groups excluding tert-OH is 1. The highest BCUT2D eigenvalue weighted by Crippen LogP contribution is 2.34. The van der Waals surface area contributed by atoms with E-state index in [0.29, 0.717) is 37.2 Å². The number of para-hydroxylation sites is 1. The van der Waals surface area contributed by atoms with Crippen LogP contribution in [0.5, 0.6) is 5.75 Å². The van der Waals surface area contributed by atoms with Crippen LogP contribution in [-0.2, 0) is 27.7 Å². The van der Waals surface area contributed by atoms with Crippen molar-refractivity contribution in [3.63, 3.8) is 0 Å². The monoisotopic (exact) mass is 521 g/mol. The Hall–Kier alpha value is -3.62. The van der Waals surface area contributed by atoms with Crippen LogP contribution in [0.4, 0.5) is 5.69 Å². The largest absolute Gasteiger partial charge is 0.493 e. The molecule has 0 radical (unpaired) electrons. The standard InChI is InChI=1S/C29H31NO6S/c31-24(19-21-36-28-14-5-4-8-23(28)16-18-29(32)33)17-15-22-9-6-13-27-26(22)12-7-20-30(27)37(34,35)25-10-2-1-3-11-25/h1-6,8-11,13-15,17,24,31H,7,12,16,18-21H2,(H,32,33)/b17-15+/t24-/m0/s1. The van der Waals surface area contributed by atoms with Gasteiger partial charge in [0.2, 0.25) is 0 Å². The van der Waals surface area contributed by atoms with Crippen molar-refractivity contribution < 1.29 is 28.2 Å². The van der Waals surface area contributed by atoms with Gasteiger partial charge in [-0.25, -0.2) is 8.42 Å². The second-order valence-corrected chi connectivity index (χ2v) is 10.8. The van der Waals surface area contributed by atoms with E-state index in [9.17, 15) is 18.3 Å². The summed E-state index contributed by atoms with van der Waals surface area (Å²) in [5, 5.41) is 19.5. The van der Waals surface area contributed by atoms with Crippen molar-refractivity contribution in [2.75, 3.05) is 17.5 Å². The minimum Gasteiger partial charge on any atom is -0.493 e. The van der Waals surface area contributed by atoms with Crippen molar-refractivity contribution >= 4 is 27.8 Å². The summed E-state index contributed by atoms with van der Waals surface area (Å²) in [6.45, 7) is 0.691. The number of ether oxygens (including phenoxy) is 1. The van der Waals surface area contributed by atoms with Gasteiger partial charge in [0.05, 0.1) is 23.3 Å². The molecule has 0 amide bonds. The fourth-order valence-electron chi connectivity index (χ4n) is 4.44. The molecule has 0 spiro atoms. The molecular formula is C29H31NO6S. The van der Waals surface area contributed by atoms with Gasteiger partial charge in [-0.2, -0.15) is 0 Å². The predicted molar refractivity (Wildman–Crippen MR) is 143 cm³/mol. The highest BCUT2D eigenvalue weighted by molar-refractivity contribution is 7.92. The lowest BCUT2D eigenvalue weighted by atomic mass is 9.97. The SMILES string of the molecule is O=C(O)CCc1ccccc1OCC[C@@H](O)/C=C/c1cccc2c1CCCN2S(=O)(=O)c1ccccc1. The molecule has 4 rings (SSSR count). The number of carboxylic acids is 1. The number of nitrogens with zero attached hydrogens (tertiary/aromatic N) is 1. The van der Waals surface area contributed by atoms with Crippen LogP contribution in [0.15, 0.2) is 83.8 Å². The number of carbonyl (C=O) groups is 1. The predicted octanol–water partition coefficient (Wildman–Crippen LogP) is 4.69. The fraction of sp³-hybridized carbons (Fsp3) is 0.276. The van der Waals surface area contributed by atoms with Gasteiger partial charge in [-0.3, -0.25) is 9.10 Å². The van der Waals surface area contributed by atoms with Crippen molar-refractivity contribution in [1.82, 2.24) is 0 Å². The van der Waals surface area contributed by atoms with Crippen molar-refractivity contribution in [2.45, 2.75) is 43.1 Å². The van der Waals surface area contributed by atoms with Crippen molar-refractivity contribution in [2.24, 2.45) is 0 Å². The molecule has 1 atom stereocenters. The fourth-order valence-corrected chi connectivity index (χ4v) is 5.99. The van der Waals surface area contributed by atoms with E-state index in [1.54, 1.807) is 42.5 Å². The third-order valence-electron chi connectivity index (χ3n) is 6.33. The molecule has 1 aliphatic rings. The third-order valence-corrected chi connectivity index (χ3v) is 8.15. The van der Waals surface area contributed by atoms with E-state index >= 15 is 0 Å². The second kappa shape index (κ2) is 12.1. The summed E-state index contributed by atoms with van der Waals surface area (Å²) < 4.78 is 33.9. The van der Waals surface area contributed by atoms with Crippen LogP contribution in [0, 0.1) is 0 Å². The Labute approximate surface area is 217 Å². The molecule has 0 saturated carbocycles. The number of anilines is 1. The second-order valence-electron chi connectivity index (χ2n) is 8.90. The normalized spacial score (nSPS) is 14.4. The first-order valence-corrected chi connectivity index (χ1v) is 13.8. The highest BCUT2D eigenvalue weighted by Gasteiger charge is 2.29. The van der Waals surface area contributed by atoms with E-state index in [1.807, 2.05) is 42.5 Å². The maximum Gasteiger partial charge on any atom is 0.303 e. The summed E-state index contributed by atoms with van der Waals surface area (Å²) in [5.74, 6) is -0.240. The molecule has 2 N–H and O–H groups in total. The Morgan fingerprint density at radius 2 is 1.78 bits per heavy atom. The Bertz CT molecular complexity index is 1350. The van der Waals surface area contributed by atoms with E-state index in [-0.39, 0.29) is 17.9 Å². The lowest BCUT2D eigenvalue weighted by Gasteiger charge is -2.31. The number of rotatable bonds is 11. The average Bonchev–Trinajstić information content (AvgIpc) is 2.91. The Balaban J connectivity index is 1.42. The number of fused-ring (bicyclic) bond motifs is 1. The Morgan fingerprint density at radius 3 is 2.57 bits per heavy atom. The summed E-state index contributed by atoms with van der Waals surface area (Å²) in [4.78, 5) is 11.2. The maximum absolute atomic E-state index is 13.3. The molecule has 3 aromatic rings. The van der Waals surface area contributed by atoms with Crippen LogP contribution in [-0.4, -0.2) is 43.9 Å². The minimum absolute atomic E-state index is 0.0250. The van der Waals surface area contributed by atoms with Crippen LogP contribution in [0.1, 0.15) is 36.0 Å². The molecule has 0 bridgehead atoms. The van der Waals surface area contributed by atoms with Crippen molar-refractivity contribution in [3.8, 4) is 5.75 Å². The molecule has 0 aliphatic carbocycles. The number of hydrogen-bond donors (Lipinski definition) is 2. The number of sulfonamides is 1. The third kappa shape index (κ3) is 6.58. The first kappa shape index (κ1) is 26.4. The number of aryl methyl sites for hydroxylation is 1. The first-order chi connectivity index (χ1) is 17.9. The van der Waals surface area contributed by atoms with Gasteiger partial charge in [0.15, 0.2) is 0 Å². The van der Waals surface area contributed by atoms with Gasteiger partial charge in [0.1, 0.15) is 5.75 Å². The average molecular weight is 522 g/mol. The summed E-state index contributed by atoms with van der Waals surface area (Å²) in [5.41, 5.74) is 3.32. The zero-order valence-corrected chi connectivity index (χ0v) is 21.3. The Kier molecular flexibility index (Phi) is 8.63. The molecular weight excluding hydrogens is 490 g/mol. The van der Waals surface area contributed by atoms with Crippen molar-refractivity contribution in [3.05, 3.63) is 95.6 Å². The number of carboxylic acid groups (broad SMARTS) is 1. The molecule has 1 aliphatic heterocycles. The number of aliphatic hydroxyl groups is 1. The Morgan fingerprint density at radius 1 is 1.03 bits per heavy atom. The van der Waals surface area contributed by atoms with E-state index in [4.69, 9.17) is 9.84 Å². The molecule has 37 heavy (non-hydrogen) atoms. The summed E-state index contributed by atoms with van der Waals surface area (Å²) in [6, 6.07) is 21.3. The zero-order valence-electron chi connectivity index (χ0n) is 20.5. The van der Waals surface area contributed by atoms with E-state index < -0.39 is 22.1 Å². The van der Waals surface area contributed by atoms with Crippen LogP contribution in [0.2, 0.25) is 0 Å². The number of aliphatic carboxylic acids is 1. The molecule has 0 unspecified atom stereocenters. The van der Waals surface area contributed by atoms with Gasteiger partial charge in [-0.05, 0) is 60.2 Å². The molecule has 1 heterocycles. The van der Waals surface area contributed by atoms with Gasteiger partial charge >= 0.3 is 5.97 Å². The van der Waals surface area contributed by atoms with E-state index in [0.717, 1.165) is 23.1 Å². The molecule has 0 fully saturated rings. The topological polar surface area (TPSA) is 104 Å². The summed E-state index contributed by atoms with van der Waals surface area (Å²) in [6.07, 6.45) is 5.00. The molecule has 7 nitrogen and oxygen atoms in total. The molecule has 0 aromatic heterocycles. The summed E-state index contributed by atoms with van der Waals surface area (Å²) in [7, 11) is -3.66. The van der Waals surface area contributed by atoms with Crippen LogP contribution in [0.3, 0.4) is 0 Å². The highest BCUT2D eigenvalue weighted by atomic mass is 32.2. The van der Waals surface area contributed by atoms with Gasteiger partial charge in [0, 0.05) is 19.4 Å². The molecule has 3 aromatic carbocycles. The van der Waals surface area contributed by atoms with Gasteiger partial charge in [-0.1, -0.05) is 60.7 Å². The first-order valence-electron chi connectivity index (χ1n) is 12.3. The smallest absolute Gasteiger partial charge is 0.303 e. The zero-order chi connectivity index (χ0) is 26.3. The molecule has 0 saturated heterocycles. The number of hydrogen-bond acceptors (Lipinski definition) is 5. The number of benzene rings is 3.